The molecule has 1 aliphatic rings. The Labute approximate surface area is 109 Å². The highest BCUT2D eigenvalue weighted by molar-refractivity contribution is 9.10. The Morgan fingerprint density at radius 2 is 1.89 bits per heavy atom. The van der Waals surface area contributed by atoms with Crippen LogP contribution < -0.4 is 4.90 Å². The van der Waals surface area contributed by atoms with E-state index >= 15 is 0 Å². The lowest BCUT2D eigenvalue weighted by Crippen LogP contribution is -2.24. The summed E-state index contributed by atoms with van der Waals surface area (Å²) >= 11 is 2.82. The van der Waals surface area contributed by atoms with Crippen molar-refractivity contribution in [2.45, 2.75) is 18.5 Å². The van der Waals surface area contributed by atoms with Crippen LogP contribution in [0.1, 0.15) is 12.0 Å². The lowest BCUT2D eigenvalue weighted by Gasteiger charge is -2.19. The summed E-state index contributed by atoms with van der Waals surface area (Å²) in [6.45, 7) is -0.310. The first-order chi connectivity index (χ1) is 8.19. The molecule has 2 rings (SSSR count). The molecule has 0 spiro atoms. The van der Waals surface area contributed by atoms with Crippen molar-refractivity contribution < 1.29 is 22.0 Å². The number of anilines is 1. The summed E-state index contributed by atoms with van der Waals surface area (Å²) < 4.78 is 63.4. The van der Waals surface area contributed by atoms with E-state index in [1.54, 1.807) is 0 Å². The van der Waals surface area contributed by atoms with Crippen molar-refractivity contribution in [3.8, 4) is 0 Å². The Morgan fingerprint density at radius 3 is 2.33 bits per heavy atom. The van der Waals surface area contributed by atoms with Crippen LogP contribution >= 0.6 is 15.9 Å². The summed E-state index contributed by atoms with van der Waals surface area (Å²) in [5.41, 5.74) is -0.441. The largest absolute Gasteiger partial charge is 0.417 e. The van der Waals surface area contributed by atoms with Crippen LogP contribution in [0.15, 0.2) is 22.7 Å². The summed E-state index contributed by atoms with van der Waals surface area (Å²) in [5, 5.41) is 0. The van der Waals surface area contributed by atoms with Crippen LogP contribution in [0.2, 0.25) is 0 Å². The van der Waals surface area contributed by atoms with Gasteiger partial charge in [0.2, 0.25) is 0 Å². The average molecular weight is 330 g/mol. The minimum absolute atomic E-state index is 0.136. The van der Waals surface area contributed by atoms with Crippen LogP contribution in [0.4, 0.5) is 27.6 Å². The Balaban J connectivity index is 2.25. The fourth-order valence-electron chi connectivity index (χ4n) is 1.89. The molecule has 0 N–H and O–H groups in total. The molecule has 0 aliphatic carbocycles. The molecule has 7 heteroatoms. The van der Waals surface area contributed by atoms with Gasteiger partial charge in [-0.05, 0) is 18.2 Å². The van der Waals surface area contributed by atoms with Gasteiger partial charge in [0.25, 0.3) is 5.92 Å². The van der Waals surface area contributed by atoms with Gasteiger partial charge < -0.3 is 4.90 Å². The van der Waals surface area contributed by atoms with E-state index in [0.717, 1.165) is 6.07 Å². The first kappa shape index (κ1) is 13.6. The van der Waals surface area contributed by atoms with Crippen molar-refractivity contribution in [2.24, 2.45) is 0 Å². The van der Waals surface area contributed by atoms with Crippen LogP contribution in [0, 0.1) is 0 Å². The first-order valence-corrected chi connectivity index (χ1v) is 5.98. The highest BCUT2D eigenvalue weighted by atomic mass is 79.9. The third kappa shape index (κ3) is 2.76. The van der Waals surface area contributed by atoms with E-state index < -0.39 is 24.2 Å². The Morgan fingerprint density at radius 1 is 1.22 bits per heavy atom. The molecule has 0 aromatic heterocycles. The minimum atomic E-state index is -4.45. The van der Waals surface area contributed by atoms with Gasteiger partial charge in [-0.25, -0.2) is 8.78 Å². The maximum Gasteiger partial charge on any atom is 0.417 e. The van der Waals surface area contributed by atoms with Crippen LogP contribution in [-0.2, 0) is 6.18 Å². The molecule has 0 saturated carbocycles. The van der Waals surface area contributed by atoms with Gasteiger partial charge in [0.15, 0.2) is 0 Å². The number of halogens is 6. The second-order valence-electron chi connectivity index (χ2n) is 4.19. The maximum atomic E-state index is 13.0. The number of rotatable bonds is 1. The smallest absolute Gasteiger partial charge is 0.365 e. The molecule has 100 valence electrons. The number of hydrogen-bond donors (Lipinski definition) is 0. The van der Waals surface area contributed by atoms with Gasteiger partial charge in [-0.1, -0.05) is 15.9 Å². The molecule has 0 unspecified atom stereocenters. The Kier molecular flexibility index (Phi) is 3.29. The van der Waals surface area contributed by atoms with Crippen molar-refractivity contribution in [3.05, 3.63) is 28.2 Å². The molecular formula is C11H9BrF5N. The highest BCUT2D eigenvalue weighted by Gasteiger charge is 2.39. The fraction of sp³-hybridized carbons (Fsp3) is 0.455. The lowest BCUT2D eigenvalue weighted by molar-refractivity contribution is -0.138. The van der Waals surface area contributed by atoms with Crippen molar-refractivity contribution in [1.82, 2.24) is 0 Å². The van der Waals surface area contributed by atoms with Crippen molar-refractivity contribution in [3.63, 3.8) is 0 Å². The standard InChI is InChI=1S/C11H9BrF5N/c12-9-5-7(1-2-8(9)11(15,16)17)18-4-3-10(13,14)6-18/h1-2,5H,3-4,6H2. The van der Waals surface area contributed by atoms with Crippen molar-refractivity contribution in [1.29, 1.82) is 0 Å². The molecule has 0 bridgehead atoms. The highest BCUT2D eigenvalue weighted by Crippen LogP contribution is 2.38. The number of nitrogens with zero attached hydrogens (tertiary/aromatic N) is 1. The summed E-state index contributed by atoms with van der Waals surface area (Å²) in [7, 11) is 0. The zero-order chi connectivity index (χ0) is 13.6. The zero-order valence-corrected chi connectivity index (χ0v) is 10.7. The quantitative estimate of drug-likeness (QED) is 0.694. The molecule has 1 aromatic rings. The molecule has 0 radical (unpaired) electrons. The second kappa shape index (κ2) is 4.36. The monoisotopic (exact) mass is 329 g/mol. The minimum Gasteiger partial charge on any atom is -0.365 e. The molecule has 1 aliphatic heterocycles. The lowest BCUT2D eigenvalue weighted by atomic mass is 10.2. The van der Waals surface area contributed by atoms with Crippen LogP contribution in [0.25, 0.3) is 0 Å². The molecule has 1 nitrogen and oxygen atoms in total. The summed E-state index contributed by atoms with van der Waals surface area (Å²) in [5.74, 6) is -2.77. The van der Waals surface area contributed by atoms with Gasteiger partial charge in [0.1, 0.15) is 0 Å². The number of hydrogen-bond acceptors (Lipinski definition) is 1. The topological polar surface area (TPSA) is 3.24 Å². The van der Waals surface area contributed by atoms with Crippen LogP contribution in [-0.4, -0.2) is 19.0 Å². The fourth-order valence-corrected chi connectivity index (χ4v) is 2.48. The van der Waals surface area contributed by atoms with E-state index in [9.17, 15) is 22.0 Å². The second-order valence-corrected chi connectivity index (χ2v) is 5.04. The molecule has 18 heavy (non-hydrogen) atoms. The molecule has 1 saturated heterocycles. The van der Waals surface area contributed by atoms with Crippen LogP contribution in [0.3, 0.4) is 0 Å². The van der Waals surface area contributed by atoms with Crippen molar-refractivity contribution in [2.75, 3.05) is 18.0 Å². The molecule has 1 aromatic carbocycles. The zero-order valence-electron chi connectivity index (χ0n) is 9.07. The third-order valence-electron chi connectivity index (χ3n) is 2.79. The predicted molar refractivity (Wildman–Crippen MR) is 60.9 cm³/mol. The summed E-state index contributed by atoms with van der Waals surface area (Å²) in [6, 6.07) is 3.34. The molecule has 1 heterocycles. The summed E-state index contributed by atoms with van der Waals surface area (Å²) in [6.07, 6.45) is -4.72. The molecular weight excluding hydrogens is 321 g/mol. The SMILES string of the molecule is FC1(F)CCN(c2ccc(C(F)(F)F)c(Br)c2)C1. The summed E-state index contributed by atoms with van der Waals surface area (Å²) in [4.78, 5) is 1.38. The van der Waals surface area contributed by atoms with Gasteiger partial charge in [-0.2, -0.15) is 13.2 Å². The average Bonchev–Trinajstić information content (AvgIpc) is 2.56. The van der Waals surface area contributed by atoms with E-state index in [1.807, 2.05) is 0 Å². The van der Waals surface area contributed by atoms with Crippen molar-refractivity contribution >= 4 is 21.6 Å². The van der Waals surface area contributed by atoms with Gasteiger partial charge in [-0.15, -0.1) is 0 Å². The van der Waals surface area contributed by atoms with E-state index in [1.165, 1.54) is 17.0 Å². The van der Waals surface area contributed by atoms with Crippen LogP contribution in [0.5, 0.6) is 0 Å². The van der Waals surface area contributed by atoms with E-state index in [0.29, 0.717) is 5.69 Å². The molecule has 0 amide bonds. The Hall–Kier alpha value is -0.850. The number of benzene rings is 1. The predicted octanol–water partition coefficient (Wildman–Crippen LogP) is 4.31. The third-order valence-corrected chi connectivity index (χ3v) is 3.45. The number of alkyl halides is 5. The molecule has 0 atom stereocenters. The normalized spacial score (nSPS) is 19.3. The van der Waals surface area contributed by atoms with Gasteiger partial charge in [0, 0.05) is 23.1 Å². The van der Waals surface area contributed by atoms with Gasteiger partial charge in [-0.3, -0.25) is 0 Å². The Bertz CT molecular complexity index is 457. The van der Waals surface area contributed by atoms with E-state index in [4.69, 9.17) is 0 Å². The van der Waals surface area contributed by atoms with E-state index in [-0.39, 0.29) is 17.4 Å². The maximum absolute atomic E-state index is 13.0. The van der Waals surface area contributed by atoms with E-state index in [2.05, 4.69) is 15.9 Å². The van der Waals surface area contributed by atoms with Gasteiger partial charge in [0.05, 0.1) is 12.1 Å². The first-order valence-electron chi connectivity index (χ1n) is 5.19. The van der Waals surface area contributed by atoms with Gasteiger partial charge >= 0.3 is 6.18 Å². The molecule has 1 fully saturated rings.